The molecule has 0 radical (unpaired) electrons. The molecule has 1 rings (SSSR count). The van der Waals surface area contributed by atoms with Gasteiger partial charge < -0.3 is 5.11 Å². The molecule has 0 heterocycles. The first kappa shape index (κ1) is 9.37. The van der Waals surface area contributed by atoms with Gasteiger partial charge in [0.25, 0.3) is 10.1 Å². The number of hydrogen-bond donors (Lipinski definition) is 3. The summed E-state index contributed by atoms with van der Waals surface area (Å²) in [7, 11) is -4.35. The maximum atomic E-state index is 10.6. The Morgan fingerprint density at radius 3 is 2.33 bits per heavy atom. The minimum atomic E-state index is -4.35. The Hall–Kier alpha value is -0.720. The van der Waals surface area contributed by atoms with Gasteiger partial charge in [-0.25, -0.2) is 0 Å². The van der Waals surface area contributed by atoms with Crippen LogP contribution in [0.3, 0.4) is 0 Å². The van der Waals surface area contributed by atoms with Crippen LogP contribution >= 0.6 is 12.6 Å². The van der Waals surface area contributed by atoms with Crippen molar-refractivity contribution in [3.63, 3.8) is 0 Å². The van der Waals surface area contributed by atoms with Crippen molar-refractivity contribution in [3.05, 3.63) is 18.2 Å². The normalized spacial score (nSPS) is 11.5. The molecule has 0 aliphatic carbocycles. The van der Waals surface area contributed by atoms with Crippen molar-refractivity contribution in [2.24, 2.45) is 0 Å². The second-order valence-electron chi connectivity index (χ2n) is 2.10. The predicted molar refractivity (Wildman–Crippen MR) is 45.2 cm³/mol. The van der Waals surface area contributed by atoms with Gasteiger partial charge in [-0.05, 0) is 12.1 Å². The van der Waals surface area contributed by atoms with Crippen molar-refractivity contribution in [2.45, 2.75) is 9.79 Å². The van der Waals surface area contributed by atoms with Crippen LogP contribution in [0.1, 0.15) is 0 Å². The van der Waals surface area contributed by atoms with E-state index in [1.807, 2.05) is 0 Å². The van der Waals surface area contributed by atoms with E-state index in [9.17, 15) is 8.42 Å². The molecule has 0 aromatic heterocycles. The van der Waals surface area contributed by atoms with E-state index >= 15 is 0 Å². The van der Waals surface area contributed by atoms with Gasteiger partial charge >= 0.3 is 0 Å². The Kier molecular flexibility index (Phi) is 2.31. The largest absolute Gasteiger partial charge is 0.505 e. The van der Waals surface area contributed by atoms with E-state index in [1.54, 1.807) is 0 Å². The number of hydrogen-bond acceptors (Lipinski definition) is 4. The first-order chi connectivity index (χ1) is 5.43. The summed E-state index contributed by atoms with van der Waals surface area (Å²) in [5.74, 6) is -0.539. The number of benzene rings is 1. The molecule has 4 nitrogen and oxygen atoms in total. The average Bonchev–Trinajstić information content (AvgIpc) is 1.92. The molecule has 6 heteroatoms. The molecule has 0 bridgehead atoms. The number of aromatic hydroxyl groups is 1. The second kappa shape index (κ2) is 2.96. The highest BCUT2D eigenvalue weighted by atomic mass is 32.2. The first-order valence-corrected chi connectivity index (χ1v) is 4.80. The molecule has 0 fully saturated rings. The maximum absolute atomic E-state index is 10.6. The zero-order valence-corrected chi connectivity index (χ0v) is 7.51. The second-order valence-corrected chi connectivity index (χ2v) is 3.97. The molecule has 66 valence electrons. The zero-order chi connectivity index (χ0) is 9.35. The Morgan fingerprint density at radius 1 is 1.33 bits per heavy atom. The van der Waals surface area contributed by atoms with Gasteiger partial charge in [-0.1, -0.05) is 6.07 Å². The van der Waals surface area contributed by atoms with Gasteiger partial charge in [-0.2, -0.15) is 8.42 Å². The molecule has 0 saturated carbocycles. The lowest BCUT2D eigenvalue weighted by Crippen LogP contribution is -1.98. The number of rotatable bonds is 1. The highest BCUT2D eigenvalue weighted by Crippen LogP contribution is 2.28. The molecule has 12 heavy (non-hydrogen) atoms. The average molecular weight is 206 g/mol. The third-order valence-corrected chi connectivity index (χ3v) is 2.50. The Labute approximate surface area is 75.0 Å². The fraction of sp³-hybridized carbons (Fsp3) is 0. The summed E-state index contributed by atoms with van der Waals surface area (Å²) >= 11 is 3.77. The fourth-order valence-electron chi connectivity index (χ4n) is 0.719. The van der Waals surface area contributed by atoms with Gasteiger partial charge in [0.2, 0.25) is 0 Å². The number of phenols is 1. The topological polar surface area (TPSA) is 74.6 Å². The molecule has 1 aromatic rings. The first-order valence-electron chi connectivity index (χ1n) is 2.91. The Balaban J connectivity index is 3.47. The predicted octanol–water partition coefficient (Wildman–Crippen LogP) is 0.928. The van der Waals surface area contributed by atoms with Gasteiger partial charge in [0.15, 0.2) is 0 Å². The van der Waals surface area contributed by atoms with Crippen molar-refractivity contribution in [1.82, 2.24) is 0 Å². The summed E-state index contributed by atoms with van der Waals surface area (Å²) in [6.07, 6.45) is 0. The number of phenolic OH excluding ortho intramolecular Hbond substituents is 1. The quantitative estimate of drug-likeness (QED) is 0.472. The summed E-state index contributed by atoms with van der Waals surface area (Å²) in [6.45, 7) is 0. The minimum Gasteiger partial charge on any atom is -0.505 e. The van der Waals surface area contributed by atoms with Crippen LogP contribution in [0.5, 0.6) is 5.75 Å². The molecule has 0 unspecified atom stereocenters. The van der Waals surface area contributed by atoms with E-state index in [0.29, 0.717) is 0 Å². The van der Waals surface area contributed by atoms with Crippen LogP contribution < -0.4 is 0 Å². The molecular weight excluding hydrogens is 200 g/mol. The third kappa shape index (κ3) is 1.71. The van der Waals surface area contributed by atoms with Crippen LogP contribution in [0.4, 0.5) is 0 Å². The van der Waals surface area contributed by atoms with Gasteiger partial charge in [-0.15, -0.1) is 12.6 Å². The van der Waals surface area contributed by atoms with Crippen molar-refractivity contribution in [2.75, 3.05) is 0 Å². The summed E-state index contributed by atoms with van der Waals surface area (Å²) < 4.78 is 29.7. The van der Waals surface area contributed by atoms with E-state index in [2.05, 4.69) is 12.6 Å². The lowest BCUT2D eigenvalue weighted by Gasteiger charge is -2.01. The summed E-state index contributed by atoms with van der Waals surface area (Å²) in [5.41, 5.74) is 0. The molecular formula is C6H6O4S2. The SMILES string of the molecule is O=S(=O)(O)c1cccc(S)c1O. The zero-order valence-electron chi connectivity index (χ0n) is 5.80. The Bertz CT molecular complexity index is 396. The van der Waals surface area contributed by atoms with Gasteiger partial charge in [0, 0.05) is 4.90 Å². The van der Waals surface area contributed by atoms with E-state index in [-0.39, 0.29) is 4.90 Å². The fourth-order valence-corrected chi connectivity index (χ4v) is 1.61. The monoisotopic (exact) mass is 206 g/mol. The Morgan fingerprint density at radius 2 is 1.92 bits per heavy atom. The lowest BCUT2D eigenvalue weighted by atomic mass is 10.3. The minimum absolute atomic E-state index is 0.102. The molecule has 0 amide bonds. The summed E-state index contributed by atoms with van der Waals surface area (Å²) in [5, 5.41) is 9.12. The van der Waals surface area contributed by atoms with E-state index < -0.39 is 20.8 Å². The molecule has 1 aromatic carbocycles. The molecule has 0 spiro atoms. The lowest BCUT2D eigenvalue weighted by molar-refractivity contribution is 0.433. The van der Waals surface area contributed by atoms with E-state index in [1.165, 1.54) is 12.1 Å². The number of thiol groups is 1. The maximum Gasteiger partial charge on any atom is 0.298 e. The van der Waals surface area contributed by atoms with Crippen LogP contribution in [-0.2, 0) is 10.1 Å². The van der Waals surface area contributed by atoms with Gasteiger partial charge in [-0.3, -0.25) is 4.55 Å². The van der Waals surface area contributed by atoms with Crippen molar-refractivity contribution in [3.8, 4) is 5.75 Å². The highest BCUT2D eigenvalue weighted by molar-refractivity contribution is 7.86. The third-order valence-electron chi connectivity index (χ3n) is 1.26. The molecule has 0 saturated heterocycles. The van der Waals surface area contributed by atoms with Crippen LogP contribution in [0.15, 0.2) is 28.0 Å². The van der Waals surface area contributed by atoms with E-state index in [0.717, 1.165) is 6.07 Å². The number of para-hydroxylation sites is 1. The molecule has 0 atom stereocenters. The summed E-state index contributed by atoms with van der Waals surface area (Å²) in [4.78, 5) is -0.430. The standard InChI is InChI=1S/C6H6O4S2/c7-6-4(11)2-1-3-5(6)12(8,9)10/h1-3,7,11H,(H,8,9,10). The highest BCUT2D eigenvalue weighted by Gasteiger charge is 2.15. The van der Waals surface area contributed by atoms with Crippen molar-refractivity contribution >= 4 is 22.7 Å². The van der Waals surface area contributed by atoms with Crippen LogP contribution in [0, 0.1) is 0 Å². The van der Waals surface area contributed by atoms with Crippen LogP contribution in [0.2, 0.25) is 0 Å². The summed E-state index contributed by atoms with van der Waals surface area (Å²) in [6, 6.07) is 3.86. The molecule has 0 aliphatic heterocycles. The molecule has 0 aliphatic rings. The van der Waals surface area contributed by atoms with E-state index in [4.69, 9.17) is 9.66 Å². The van der Waals surface area contributed by atoms with Crippen LogP contribution in [0.25, 0.3) is 0 Å². The van der Waals surface area contributed by atoms with Crippen molar-refractivity contribution < 1.29 is 18.1 Å². The van der Waals surface area contributed by atoms with Crippen molar-refractivity contribution in [1.29, 1.82) is 0 Å². The molecule has 2 N–H and O–H groups in total. The van der Waals surface area contributed by atoms with Gasteiger partial charge in [0.05, 0.1) is 0 Å². The van der Waals surface area contributed by atoms with Gasteiger partial charge in [0.1, 0.15) is 10.6 Å². The smallest absolute Gasteiger partial charge is 0.298 e. The van der Waals surface area contributed by atoms with Crippen LogP contribution in [-0.4, -0.2) is 18.1 Å².